The van der Waals surface area contributed by atoms with Crippen molar-refractivity contribution in [2.45, 2.75) is 6.42 Å². The number of nitro benzene ring substituents is 1. The molecule has 0 aliphatic carbocycles. The van der Waals surface area contributed by atoms with E-state index in [4.69, 9.17) is 5.26 Å². The van der Waals surface area contributed by atoms with E-state index in [1.165, 1.54) is 23.1 Å². The quantitative estimate of drug-likeness (QED) is 0.630. The standard InChI is InChI=1S/C11H10BrN3O3/c1-14(4-2-3-13)11(16)8-5-9(12)7-10(6-8)15(17)18/h5-7H,2,4H2,1H3. The Balaban J connectivity index is 2.99. The third kappa shape index (κ3) is 3.53. The second-order valence-corrected chi connectivity index (χ2v) is 4.51. The molecular weight excluding hydrogens is 302 g/mol. The van der Waals surface area contributed by atoms with Gasteiger partial charge in [-0.1, -0.05) is 15.9 Å². The molecule has 0 saturated heterocycles. The maximum absolute atomic E-state index is 12.0. The number of nitro groups is 1. The Morgan fingerprint density at radius 3 is 2.78 bits per heavy atom. The molecule has 0 radical (unpaired) electrons. The van der Waals surface area contributed by atoms with Crippen LogP contribution in [0.4, 0.5) is 5.69 Å². The molecule has 0 atom stereocenters. The number of benzene rings is 1. The molecule has 94 valence electrons. The van der Waals surface area contributed by atoms with Gasteiger partial charge in [-0.05, 0) is 6.07 Å². The number of halogens is 1. The molecular formula is C11H10BrN3O3. The fraction of sp³-hybridized carbons (Fsp3) is 0.273. The summed E-state index contributed by atoms with van der Waals surface area (Å²) < 4.78 is 0.466. The van der Waals surface area contributed by atoms with Crippen molar-refractivity contribution in [3.8, 4) is 6.07 Å². The Hall–Kier alpha value is -1.94. The Morgan fingerprint density at radius 1 is 1.56 bits per heavy atom. The van der Waals surface area contributed by atoms with Crippen LogP contribution >= 0.6 is 15.9 Å². The summed E-state index contributed by atoms with van der Waals surface area (Å²) in [4.78, 5) is 23.4. The van der Waals surface area contributed by atoms with Gasteiger partial charge in [0.1, 0.15) is 0 Å². The predicted octanol–water partition coefficient (Wildman–Crippen LogP) is 2.34. The number of non-ortho nitro benzene ring substituents is 1. The molecule has 0 heterocycles. The van der Waals surface area contributed by atoms with Crippen LogP contribution in [0.15, 0.2) is 22.7 Å². The zero-order valence-electron chi connectivity index (χ0n) is 9.59. The molecule has 1 aromatic rings. The molecule has 0 unspecified atom stereocenters. The molecule has 7 heteroatoms. The van der Waals surface area contributed by atoms with Crippen molar-refractivity contribution in [3.05, 3.63) is 38.3 Å². The lowest BCUT2D eigenvalue weighted by Crippen LogP contribution is -2.27. The highest BCUT2D eigenvalue weighted by Crippen LogP contribution is 2.22. The maximum atomic E-state index is 12.0. The van der Waals surface area contributed by atoms with E-state index in [1.807, 2.05) is 6.07 Å². The molecule has 0 aromatic heterocycles. The van der Waals surface area contributed by atoms with Crippen molar-refractivity contribution in [3.63, 3.8) is 0 Å². The largest absolute Gasteiger partial charge is 0.341 e. The highest BCUT2D eigenvalue weighted by Gasteiger charge is 2.16. The zero-order chi connectivity index (χ0) is 13.7. The average molecular weight is 312 g/mol. The fourth-order valence-corrected chi connectivity index (χ4v) is 1.82. The van der Waals surface area contributed by atoms with Crippen LogP contribution in [0, 0.1) is 21.4 Å². The van der Waals surface area contributed by atoms with Gasteiger partial charge in [-0.2, -0.15) is 5.26 Å². The Kier molecular flexibility index (Phi) is 4.80. The lowest BCUT2D eigenvalue weighted by molar-refractivity contribution is -0.385. The van der Waals surface area contributed by atoms with Crippen molar-refractivity contribution in [2.24, 2.45) is 0 Å². The smallest absolute Gasteiger partial charge is 0.271 e. The first-order chi connectivity index (χ1) is 8.45. The van der Waals surface area contributed by atoms with Gasteiger partial charge >= 0.3 is 0 Å². The molecule has 0 fully saturated rings. The van der Waals surface area contributed by atoms with Crippen LogP contribution in [0.3, 0.4) is 0 Å². The first-order valence-corrected chi connectivity index (χ1v) is 5.82. The molecule has 18 heavy (non-hydrogen) atoms. The highest BCUT2D eigenvalue weighted by atomic mass is 79.9. The second-order valence-electron chi connectivity index (χ2n) is 3.59. The number of hydrogen-bond donors (Lipinski definition) is 0. The third-order valence-corrected chi connectivity index (χ3v) is 2.70. The summed E-state index contributed by atoms with van der Waals surface area (Å²) >= 11 is 3.12. The van der Waals surface area contributed by atoms with E-state index < -0.39 is 4.92 Å². The van der Waals surface area contributed by atoms with E-state index in [1.54, 1.807) is 7.05 Å². The Bertz CT molecular complexity index is 525. The normalized spacial score (nSPS) is 9.61. The summed E-state index contributed by atoms with van der Waals surface area (Å²) in [5, 5.41) is 19.1. The first kappa shape index (κ1) is 14.1. The molecule has 0 N–H and O–H groups in total. The van der Waals surface area contributed by atoms with Crippen LogP contribution in [0.25, 0.3) is 0 Å². The topological polar surface area (TPSA) is 87.2 Å². The van der Waals surface area contributed by atoms with Gasteiger partial charge in [-0.3, -0.25) is 14.9 Å². The molecule has 0 aliphatic heterocycles. The van der Waals surface area contributed by atoms with Gasteiger partial charge in [0, 0.05) is 35.8 Å². The van der Waals surface area contributed by atoms with Crippen LogP contribution in [-0.4, -0.2) is 29.3 Å². The summed E-state index contributed by atoms with van der Waals surface area (Å²) in [6, 6.07) is 5.99. The molecule has 1 amide bonds. The van der Waals surface area contributed by atoms with E-state index in [-0.39, 0.29) is 30.1 Å². The van der Waals surface area contributed by atoms with E-state index in [9.17, 15) is 14.9 Å². The van der Waals surface area contributed by atoms with Gasteiger partial charge in [-0.15, -0.1) is 0 Å². The van der Waals surface area contributed by atoms with Crippen LogP contribution in [-0.2, 0) is 0 Å². The van der Waals surface area contributed by atoms with Crippen LogP contribution in [0.5, 0.6) is 0 Å². The summed E-state index contributed by atoms with van der Waals surface area (Å²) in [6.45, 7) is 0.287. The number of amides is 1. The molecule has 0 aliphatic rings. The number of nitriles is 1. The minimum atomic E-state index is -0.559. The lowest BCUT2D eigenvalue weighted by Gasteiger charge is -2.15. The number of carbonyl (C=O) groups excluding carboxylic acids is 1. The highest BCUT2D eigenvalue weighted by molar-refractivity contribution is 9.10. The van der Waals surface area contributed by atoms with Crippen molar-refractivity contribution in [1.29, 1.82) is 5.26 Å². The number of carbonyl (C=O) groups is 1. The van der Waals surface area contributed by atoms with Gasteiger partial charge < -0.3 is 4.90 Å². The molecule has 1 aromatic carbocycles. The Labute approximate surface area is 112 Å². The van der Waals surface area contributed by atoms with E-state index in [2.05, 4.69) is 15.9 Å². The van der Waals surface area contributed by atoms with Crippen molar-refractivity contribution in [2.75, 3.05) is 13.6 Å². The zero-order valence-corrected chi connectivity index (χ0v) is 11.2. The van der Waals surface area contributed by atoms with Crippen LogP contribution in [0.1, 0.15) is 16.8 Å². The van der Waals surface area contributed by atoms with Crippen molar-refractivity contribution < 1.29 is 9.72 Å². The van der Waals surface area contributed by atoms with Crippen LogP contribution in [0.2, 0.25) is 0 Å². The number of nitrogens with zero attached hydrogens (tertiary/aromatic N) is 3. The van der Waals surface area contributed by atoms with Gasteiger partial charge in [-0.25, -0.2) is 0 Å². The molecule has 0 spiro atoms. The van der Waals surface area contributed by atoms with Crippen molar-refractivity contribution in [1.82, 2.24) is 4.90 Å². The molecule has 6 nitrogen and oxygen atoms in total. The number of rotatable bonds is 4. The van der Waals surface area contributed by atoms with Gasteiger partial charge in [0.05, 0.1) is 17.4 Å². The monoisotopic (exact) mass is 311 g/mol. The minimum Gasteiger partial charge on any atom is -0.341 e. The first-order valence-electron chi connectivity index (χ1n) is 5.03. The second kappa shape index (κ2) is 6.12. The van der Waals surface area contributed by atoms with Gasteiger partial charge in [0.2, 0.25) is 0 Å². The van der Waals surface area contributed by atoms with E-state index in [0.29, 0.717) is 4.47 Å². The summed E-state index contributed by atoms with van der Waals surface area (Å²) in [6.07, 6.45) is 0.221. The maximum Gasteiger partial charge on any atom is 0.271 e. The van der Waals surface area contributed by atoms with E-state index in [0.717, 1.165) is 0 Å². The molecule has 1 rings (SSSR count). The fourth-order valence-electron chi connectivity index (χ4n) is 1.34. The predicted molar refractivity (Wildman–Crippen MR) is 68.0 cm³/mol. The minimum absolute atomic E-state index is 0.151. The van der Waals surface area contributed by atoms with Gasteiger partial charge in [0.15, 0.2) is 0 Å². The average Bonchev–Trinajstić information content (AvgIpc) is 2.34. The number of hydrogen-bond acceptors (Lipinski definition) is 4. The SMILES string of the molecule is CN(CCC#N)C(=O)c1cc(Br)cc([N+](=O)[O-])c1. The molecule has 0 bridgehead atoms. The summed E-state index contributed by atoms with van der Waals surface area (Å²) in [7, 11) is 1.55. The van der Waals surface area contributed by atoms with Gasteiger partial charge in [0.25, 0.3) is 11.6 Å². The summed E-state index contributed by atoms with van der Waals surface area (Å²) in [5.41, 5.74) is 0.0675. The summed E-state index contributed by atoms with van der Waals surface area (Å²) in [5.74, 6) is -0.352. The molecule has 0 saturated carbocycles. The van der Waals surface area contributed by atoms with Crippen LogP contribution < -0.4 is 0 Å². The van der Waals surface area contributed by atoms with E-state index >= 15 is 0 Å². The van der Waals surface area contributed by atoms with Crippen molar-refractivity contribution >= 4 is 27.5 Å². The Morgan fingerprint density at radius 2 is 2.22 bits per heavy atom. The third-order valence-electron chi connectivity index (χ3n) is 2.25. The lowest BCUT2D eigenvalue weighted by atomic mass is 10.2.